The van der Waals surface area contributed by atoms with Crippen LogP contribution in [0.1, 0.15) is 47.2 Å². The Labute approximate surface area is 231 Å². The van der Waals surface area contributed by atoms with Crippen LogP contribution in [0.5, 0.6) is 0 Å². The number of aryl methyl sites for hydroxylation is 2. The van der Waals surface area contributed by atoms with Gasteiger partial charge in [0.1, 0.15) is 5.82 Å². The van der Waals surface area contributed by atoms with E-state index >= 15 is 0 Å². The highest BCUT2D eigenvalue weighted by Crippen LogP contribution is 2.26. The first-order valence-electron chi connectivity index (χ1n) is 14.1. The van der Waals surface area contributed by atoms with Gasteiger partial charge >= 0.3 is 0 Å². The van der Waals surface area contributed by atoms with E-state index in [1.807, 2.05) is 13.2 Å². The van der Waals surface area contributed by atoms with Crippen molar-refractivity contribution in [1.82, 2.24) is 29.9 Å². The molecule has 1 aliphatic carbocycles. The van der Waals surface area contributed by atoms with Crippen LogP contribution in [0.2, 0.25) is 0 Å². The monoisotopic (exact) mass is 531 g/mol. The van der Waals surface area contributed by atoms with Gasteiger partial charge in [0.25, 0.3) is 5.91 Å². The molecule has 2 aromatic heterocycles. The lowest BCUT2D eigenvalue weighted by atomic mass is 10.1. The summed E-state index contributed by atoms with van der Waals surface area (Å²) in [4.78, 5) is 22.4. The number of amides is 1. The normalized spacial score (nSPS) is 20.4. The molecule has 3 N–H and O–H groups in total. The Kier molecular flexibility index (Phi) is 8.91. The number of carbonyl (C=O) groups excluding carboxylic acids is 1. The molecule has 39 heavy (non-hydrogen) atoms. The quantitative estimate of drug-likeness (QED) is 0.415. The summed E-state index contributed by atoms with van der Waals surface area (Å²) in [7, 11) is 4.05. The molecule has 2 fully saturated rings. The van der Waals surface area contributed by atoms with Crippen molar-refractivity contribution >= 4 is 11.7 Å². The molecular formula is C30H41N7O2. The number of carbonyl (C=O) groups is 1. The molecule has 3 aromatic rings. The van der Waals surface area contributed by atoms with Crippen LogP contribution >= 0.6 is 0 Å². The number of ether oxygens (including phenoxy) is 1. The fourth-order valence-corrected chi connectivity index (χ4v) is 5.51. The van der Waals surface area contributed by atoms with Crippen molar-refractivity contribution in [2.75, 3.05) is 45.5 Å². The Hall–Kier alpha value is -3.27. The SMILES string of the molecule is CN1CCN(CCCc2ccc(CO[C@H]3CCC[C@@H]3NC(=O)c3cc(-c4cnn(C)c4)cnc3N)cc2)CC1. The molecule has 3 heterocycles. The minimum atomic E-state index is -0.216. The van der Waals surface area contributed by atoms with Crippen LogP contribution in [-0.2, 0) is 24.8 Å². The summed E-state index contributed by atoms with van der Waals surface area (Å²) < 4.78 is 8.01. The third-order valence-corrected chi connectivity index (χ3v) is 7.99. The zero-order valence-electron chi connectivity index (χ0n) is 23.2. The van der Waals surface area contributed by atoms with Crippen LogP contribution in [0.4, 0.5) is 5.82 Å². The molecule has 208 valence electrons. The molecular weight excluding hydrogens is 490 g/mol. The Morgan fingerprint density at radius 2 is 1.82 bits per heavy atom. The van der Waals surface area contributed by atoms with Gasteiger partial charge in [0.2, 0.25) is 0 Å². The van der Waals surface area contributed by atoms with Gasteiger partial charge in [-0.15, -0.1) is 0 Å². The van der Waals surface area contributed by atoms with E-state index in [1.54, 1.807) is 23.1 Å². The number of hydrogen-bond acceptors (Lipinski definition) is 7. The van der Waals surface area contributed by atoms with E-state index in [9.17, 15) is 4.79 Å². The second-order valence-electron chi connectivity index (χ2n) is 11.0. The zero-order chi connectivity index (χ0) is 27.2. The summed E-state index contributed by atoms with van der Waals surface area (Å²) in [6.45, 7) is 6.41. The number of hydrogen-bond donors (Lipinski definition) is 2. The smallest absolute Gasteiger partial charge is 0.255 e. The number of nitrogens with two attached hydrogens (primary N) is 1. The molecule has 2 aliphatic rings. The first kappa shape index (κ1) is 27.3. The number of likely N-dealkylation sites (N-methyl/N-ethyl adjacent to an activating group) is 1. The lowest BCUT2D eigenvalue weighted by Crippen LogP contribution is -2.44. The van der Waals surface area contributed by atoms with E-state index in [0.717, 1.165) is 42.4 Å². The highest BCUT2D eigenvalue weighted by molar-refractivity contribution is 5.99. The van der Waals surface area contributed by atoms with Gasteiger partial charge in [0, 0.05) is 56.7 Å². The van der Waals surface area contributed by atoms with Gasteiger partial charge in [-0.05, 0) is 62.9 Å². The number of nitrogens with one attached hydrogen (secondary N) is 1. The Morgan fingerprint density at radius 1 is 1.05 bits per heavy atom. The van der Waals surface area contributed by atoms with Gasteiger partial charge in [-0.1, -0.05) is 24.3 Å². The van der Waals surface area contributed by atoms with E-state index in [4.69, 9.17) is 10.5 Å². The molecule has 5 rings (SSSR count). The second-order valence-corrected chi connectivity index (χ2v) is 11.0. The lowest BCUT2D eigenvalue weighted by molar-refractivity contribution is 0.0272. The van der Waals surface area contributed by atoms with Crippen molar-refractivity contribution in [1.29, 1.82) is 0 Å². The van der Waals surface area contributed by atoms with Crippen LogP contribution in [-0.4, -0.2) is 82.4 Å². The number of rotatable bonds is 10. The van der Waals surface area contributed by atoms with E-state index in [1.165, 1.54) is 44.7 Å². The van der Waals surface area contributed by atoms with Gasteiger partial charge in [-0.25, -0.2) is 4.98 Å². The van der Waals surface area contributed by atoms with Crippen molar-refractivity contribution in [3.63, 3.8) is 0 Å². The second kappa shape index (κ2) is 12.7. The summed E-state index contributed by atoms with van der Waals surface area (Å²) in [6, 6.07) is 10.5. The number of anilines is 1. The highest BCUT2D eigenvalue weighted by atomic mass is 16.5. The van der Waals surface area contributed by atoms with Crippen LogP contribution < -0.4 is 11.1 Å². The number of aromatic nitrogens is 3. The lowest BCUT2D eigenvalue weighted by Gasteiger charge is -2.32. The maximum atomic E-state index is 13.2. The van der Waals surface area contributed by atoms with Gasteiger partial charge < -0.3 is 25.6 Å². The van der Waals surface area contributed by atoms with Crippen molar-refractivity contribution in [2.45, 2.75) is 50.9 Å². The fraction of sp³-hybridized carbons (Fsp3) is 0.500. The Bertz CT molecular complexity index is 1230. The minimum Gasteiger partial charge on any atom is -0.383 e. The number of piperazine rings is 1. The van der Waals surface area contributed by atoms with E-state index in [-0.39, 0.29) is 23.9 Å². The van der Waals surface area contributed by atoms with Crippen LogP contribution in [0.3, 0.4) is 0 Å². The largest absolute Gasteiger partial charge is 0.383 e. The van der Waals surface area contributed by atoms with Gasteiger partial charge in [-0.3, -0.25) is 9.48 Å². The van der Waals surface area contributed by atoms with Crippen molar-refractivity contribution in [3.05, 3.63) is 65.6 Å². The van der Waals surface area contributed by atoms with E-state index in [2.05, 4.69) is 56.5 Å². The van der Waals surface area contributed by atoms with Crippen LogP contribution in [0.15, 0.2) is 48.9 Å². The van der Waals surface area contributed by atoms with E-state index < -0.39 is 0 Å². The Morgan fingerprint density at radius 3 is 2.56 bits per heavy atom. The zero-order valence-corrected chi connectivity index (χ0v) is 23.2. The average Bonchev–Trinajstić information content (AvgIpc) is 3.58. The summed E-state index contributed by atoms with van der Waals surface area (Å²) in [6.07, 6.45) is 10.4. The molecule has 1 saturated heterocycles. The molecule has 1 aromatic carbocycles. The Balaban J connectivity index is 1.10. The molecule has 9 heteroatoms. The van der Waals surface area contributed by atoms with Gasteiger partial charge in [0.05, 0.1) is 30.5 Å². The summed E-state index contributed by atoms with van der Waals surface area (Å²) in [5.74, 6) is 0.00592. The molecule has 9 nitrogen and oxygen atoms in total. The summed E-state index contributed by atoms with van der Waals surface area (Å²) in [5, 5.41) is 7.36. The summed E-state index contributed by atoms with van der Waals surface area (Å²) >= 11 is 0. The van der Waals surface area contributed by atoms with Gasteiger partial charge in [0.15, 0.2) is 0 Å². The predicted octanol–water partition coefficient (Wildman–Crippen LogP) is 3.11. The predicted molar refractivity (Wildman–Crippen MR) is 153 cm³/mol. The maximum Gasteiger partial charge on any atom is 0.255 e. The van der Waals surface area contributed by atoms with Crippen LogP contribution in [0, 0.1) is 0 Å². The molecule has 0 bridgehead atoms. The molecule has 2 atom stereocenters. The molecule has 0 unspecified atom stereocenters. The number of benzene rings is 1. The van der Waals surface area contributed by atoms with Crippen LogP contribution in [0.25, 0.3) is 11.1 Å². The van der Waals surface area contributed by atoms with Gasteiger partial charge in [-0.2, -0.15) is 5.10 Å². The average molecular weight is 532 g/mol. The van der Waals surface area contributed by atoms with Crippen molar-refractivity contribution in [3.8, 4) is 11.1 Å². The van der Waals surface area contributed by atoms with Crippen molar-refractivity contribution in [2.24, 2.45) is 7.05 Å². The molecule has 1 saturated carbocycles. The standard InChI is InChI=1S/C30H41N7O2/c1-35-13-15-37(16-14-35)12-4-5-22-8-10-23(11-9-22)21-39-28-7-3-6-27(28)34-30(38)26-17-24(18-32-29(26)31)25-19-33-36(2)20-25/h8-11,17-20,27-28H,3-7,12-16,21H2,1-2H3,(H2,31,32)(H,34,38)/t27-,28-/m0/s1. The first-order valence-corrected chi connectivity index (χ1v) is 14.1. The van der Waals surface area contributed by atoms with E-state index in [0.29, 0.717) is 12.2 Å². The molecule has 1 amide bonds. The summed E-state index contributed by atoms with van der Waals surface area (Å²) in [5.41, 5.74) is 10.7. The molecule has 0 radical (unpaired) electrons. The molecule has 1 aliphatic heterocycles. The van der Waals surface area contributed by atoms with Crippen molar-refractivity contribution < 1.29 is 9.53 Å². The fourth-order valence-electron chi connectivity index (χ4n) is 5.51. The highest BCUT2D eigenvalue weighted by Gasteiger charge is 2.30. The maximum absolute atomic E-state index is 13.2. The molecule has 0 spiro atoms. The number of nitrogen functional groups attached to an aromatic ring is 1. The number of pyridine rings is 1. The third-order valence-electron chi connectivity index (χ3n) is 7.99. The number of nitrogens with zero attached hydrogens (tertiary/aromatic N) is 5. The third kappa shape index (κ3) is 7.23. The minimum absolute atomic E-state index is 0.0205. The first-order chi connectivity index (χ1) is 18.9. The topological polar surface area (TPSA) is 102 Å².